The van der Waals surface area contributed by atoms with E-state index in [0.29, 0.717) is 0 Å². The number of azo groups is 1. The first kappa shape index (κ1) is 11.5. The molecular formula is C12H8Br2N2. The van der Waals surface area contributed by atoms with Gasteiger partial charge < -0.3 is 0 Å². The Bertz CT molecular complexity index is 510. The van der Waals surface area contributed by atoms with E-state index in [0.717, 1.165) is 20.3 Å². The fourth-order valence-electron chi connectivity index (χ4n) is 1.17. The summed E-state index contributed by atoms with van der Waals surface area (Å²) in [5.74, 6) is 0. The van der Waals surface area contributed by atoms with E-state index in [1.807, 2.05) is 48.5 Å². The molecule has 0 unspecified atom stereocenters. The average Bonchev–Trinajstić information content (AvgIpc) is 2.32. The highest BCUT2D eigenvalue weighted by molar-refractivity contribution is 9.11. The third kappa shape index (κ3) is 3.00. The second kappa shape index (κ2) is 5.37. The van der Waals surface area contributed by atoms with Crippen LogP contribution in [0.4, 0.5) is 11.4 Å². The van der Waals surface area contributed by atoms with Crippen LogP contribution < -0.4 is 0 Å². The van der Waals surface area contributed by atoms with Gasteiger partial charge in [-0.15, -0.1) is 5.11 Å². The Hall–Kier alpha value is -1.00. The molecule has 2 aromatic carbocycles. The van der Waals surface area contributed by atoms with Crippen molar-refractivity contribution in [3.63, 3.8) is 0 Å². The Balaban J connectivity index is 2.27. The molecule has 0 heterocycles. The van der Waals surface area contributed by atoms with Crippen molar-refractivity contribution in [2.45, 2.75) is 0 Å². The van der Waals surface area contributed by atoms with Crippen molar-refractivity contribution in [3.8, 4) is 0 Å². The predicted molar refractivity (Wildman–Crippen MR) is 72.5 cm³/mol. The van der Waals surface area contributed by atoms with E-state index >= 15 is 0 Å². The Kier molecular flexibility index (Phi) is 3.85. The number of hydrogen-bond donors (Lipinski definition) is 0. The van der Waals surface area contributed by atoms with E-state index in [4.69, 9.17) is 0 Å². The quantitative estimate of drug-likeness (QED) is 0.634. The molecule has 0 aliphatic heterocycles. The van der Waals surface area contributed by atoms with E-state index in [1.165, 1.54) is 0 Å². The van der Waals surface area contributed by atoms with Crippen LogP contribution in [0.2, 0.25) is 0 Å². The number of nitrogens with zero attached hydrogens (tertiary/aromatic N) is 2. The van der Waals surface area contributed by atoms with Gasteiger partial charge in [0, 0.05) is 8.95 Å². The molecule has 0 N–H and O–H groups in total. The molecule has 0 radical (unpaired) electrons. The zero-order valence-corrected chi connectivity index (χ0v) is 11.4. The van der Waals surface area contributed by atoms with Gasteiger partial charge in [0.15, 0.2) is 0 Å². The van der Waals surface area contributed by atoms with Gasteiger partial charge in [-0.1, -0.05) is 34.1 Å². The van der Waals surface area contributed by atoms with Crippen LogP contribution in [-0.4, -0.2) is 0 Å². The highest BCUT2D eigenvalue weighted by Crippen LogP contribution is 2.29. The number of hydrogen-bond acceptors (Lipinski definition) is 2. The van der Waals surface area contributed by atoms with E-state index in [-0.39, 0.29) is 0 Å². The number of halogens is 2. The summed E-state index contributed by atoms with van der Waals surface area (Å²) >= 11 is 6.83. The lowest BCUT2D eigenvalue weighted by Gasteiger charge is -1.97. The summed E-state index contributed by atoms with van der Waals surface area (Å²) in [5, 5.41) is 8.34. The average molecular weight is 340 g/mol. The van der Waals surface area contributed by atoms with E-state index in [2.05, 4.69) is 42.1 Å². The fourth-order valence-corrected chi connectivity index (χ4v) is 1.84. The van der Waals surface area contributed by atoms with Crippen molar-refractivity contribution in [1.82, 2.24) is 0 Å². The molecule has 0 aromatic heterocycles. The Morgan fingerprint density at radius 3 is 2.31 bits per heavy atom. The van der Waals surface area contributed by atoms with Gasteiger partial charge in [0.25, 0.3) is 0 Å². The minimum absolute atomic E-state index is 0.804. The van der Waals surface area contributed by atoms with Crippen LogP contribution in [-0.2, 0) is 0 Å². The molecule has 2 aromatic rings. The molecule has 4 heteroatoms. The van der Waals surface area contributed by atoms with E-state index in [1.54, 1.807) is 0 Å². The van der Waals surface area contributed by atoms with Crippen molar-refractivity contribution < 1.29 is 0 Å². The van der Waals surface area contributed by atoms with E-state index in [9.17, 15) is 0 Å². The first-order chi connectivity index (χ1) is 7.75. The first-order valence-corrected chi connectivity index (χ1v) is 6.26. The molecule has 0 atom stereocenters. The summed E-state index contributed by atoms with van der Waals surface area (Å²) in [4.78, 5) is 0. The Morgan fingerprint density at radius 1 is 0.812 bits per heavy atom. The van der Waals surface area contributed by atoms with Crippen LogP contribution in [0.25, 0.3) is 0 Å². The lowest BCUT2D eigenvalue weighted by Crippen LogP contribution is -1.69. The lowest BCUT2D eigenvalue weighted by atomic mass is 10.3. The normalized spacial score (nSPS) is 10.9. The van der Waals surface area contributed by atoms with Crippen LogP contribution in [0.1, 0.15) is 0 Å². The largest absolute Gasteiger partial charge is 0.151 e. The molecule has 0 amide bonds. The molecule has 0 spiro atoms. The standard InChI is InChI=1S/C12H8Br2N2/c13-9-6-7-11(14)12(8-9)16-15-10-4-2-1-3-5-10/h1-8H. The summed E-state index contributed by atoms with van der Waals surface area (Å²) in [7, 11) is 0. The maximum absolute atomic E-state index is 4.18. The van der Waals surface area contributed by atoms with Crippen molar-refractivity contribution in [3.05, 3.63) is 57.5 Å². The zero-order valence-electron chi connectivity index (χ0n) is 8.27. The van der Waals surface area contributed by atoms with Gasteiger partial charge in [-0.25, -0.2) is 0 Å². The summed E-state index contributed by atoms with van der Waals surface area (Å²) in [5.41, 5.74) is 1.65. The molecule has 0 aliphatic rings. The summed E-state index contributed by atoms with van der Waals surface area (Å²) in [6.45, 7) is 0. The minimum Gasteiger partial charge on any atom is -0.151 e. The van der Waals surface area contributed by atoms with Gasteiger partial charge in [-0.05, 0) is 46.3 Å². The fraction of sp³-hybridized carbons (Fsp3) is 0. The molecule has 0 fully saturated rings. The second-order valence-corrected chi connectivity index (χ2v) is 4.90. The molecular weight excluding hydrogens is 332 g/mol. The topological polar surface area (TPSA) is 24.7 Å². The van der Waals surface area contributed by atoms with Crippen LogP contribution in [0, 0.1) is 0 Å². The highest BCUT2D eigenvalue weighted by atomic mass is 79.9. The monoisotopic (exact) mass is 338 g/mol. The molecule has 80 valence electrons. The maximum Gasteiger partial charge on any atom is 0.101 e. The van der Waals surface area contributed by atoms with Crippen LogP contribution >= 0.6 is 31.9 Å². The molecule has 0 saturated carbocycles. The van der Waals surface area contributed by atoms with Crippen molar-refractivity contribution >= 4 is 43.2 Å². The number of benzene rings is 2. The SMILES string of the molecule is Brc1ccc(Br)c(N=Nc2ccccc2)c1. The summed E-state index contributed by atoms with van der Waals surface area (Å²) in [6.07, 6.45) is 0. The smallest absolute Gasteiger partial charge is 0.101 e. The Labute approximate surface area is 111 Å². The zero-order chi connectivity index (χ0) is 11.4. The summed E-state index contributed by atoms with van der Waals surface area (Å²) in [6, 6.07) is 15.4. The predicted octanol–water partition coefficient (Wildman–Crippen LogP) is 5.63. The third-order valence-electron chi connectivity index (χ3n) is 1.94. The molecule has 2 nitrogen and oxygen atoms in total. The third-order valence-corrected chi connectivity index (χ3v) is 3.10. The molecule has 16 heavy (non-hydrogen) atoms. The van der Waals surface area contributed by atoms with Gasteiger partial charge in [-0.2, -0.15) is 5.11 Å². The first-order valence-electron chi connectivity index (χ1n) is 4.67. The molecule has 0 aliphatic carbocycles. The Morgan fingerprint density at radius 2 is 1.56 bits per heavy atom. The number of rotatable bonds is 2. The second-order valence-electron chi connectivity index (χ2n) is 3.13. The molecule has 2 rings (SSSR count). The van der Waals surface area contributed by atoms with Crippen molar-refractivity contribution in [2.75, 3.05) is 0 Å². The van der Waals surface area contributed by atoms with Crippen molar-refractivity contribution in [2.24, 2.45) is 10.2 Å². The van der Waals surface area contributed by atoms with Gasteiger partial charge in [-0.3, -0.25) is 0 Å². The lowest BCUT2D eigenvalue weighted by molar-refractivity contribution is 1.22. The minimum atomic E-state index is 0.804. The van der Waals surface area contributed by atoms with E-state index < -0.39 is 0 Å². The van der Waals surface area contributed by atoms with Crippen LogP contribution in [0.3, 0.4) is 0 Å². The van der Waals surface area contributed by atoms with Crippen molar-refractivity contribution in [1.29, 1.82) is 0 Å². The van der Waals surface area contributed by atoms with Gasteiger partial charge in [0.05, 0.1) is 5.69 Å². The van der Waals surface area contributed by atoms with Gasteiger partial charge in [0.2, 0.25) is 0 Å². The van der Waals surface area contributed by atoms with Crippen LogP contribution in [0.15, 0.2) is 67.7 Å². The van der Waals surface area contributed by atoms with Gasteiger partial charge >= 0.3 is 0 Å². The van der Waals surface area contributed by atoms with Crippen LogP contribution in [0.5, 0.6) is 0 Å². The van der Waals surface area contributed by atoms with Gasteiger partial charge in [0.1, 0.15) is 5.69 Å². The molecule has 0 bridgehead atoms. The summed E-state index contributed by atoms with van der Waals surface area (Å²) < 4.78 is 1.91. The highest BCUT2D eigenvalue weighted by Gasteiger charge is 1.98. The maximum atomic E-state index is 4.18. The molecule has 0 saturated heterocycles.